The molecule has 1 aromatic rings. The second-order valence-corrected chi connectivity index (χ2v) is 6.02. The average molecular weight is 277 g/mol. The van der Waals surface area contributed by atoms with Gasteiger partial charge in [-0.05, 0) is 64.5 Å². The fourth-order valence-corrected chi connectivity index (χ4v) is 2.01. The maximum atomic E-state index is 3.52. The molecule has 0 spiro atoms. The van der Waals surface area contributed by atoms with E-state index in [9.17, 15) is 0 Å². The Labute approximate surface area is 125 Å². The van der Waals surface area contributed by atoms with Crippen LogP contribution in [0.5, 0.6) is 0 Å². The zero-order valence-electron chi connectivity index (χ0n) is 13.8. The summed E-state index contributed by atoms with van der Waals surface area (Å²) in [5.41, 5.74) is 2.61. The van der Waals surface area contributed by atoms with Crippen molar-refractivity contribution in [2.45, 2.75) is 39.3 Å². The van der Waals surface area contributed by atoms with Gasteiger partial charge in [0.05, 0.1) is 0 Å². The molecule has 114 valence electrons. The van der Waals surface area contributed by atoms with Crippen LogP contribution in [0.25, 0.3) is 0 Å². The topological polar surface area (TPSA) is 18.5 Å². The Morgan fingerprint density at radius 3 is 2.20 bits per heavy atom. The number of nitrogens with one attached hydrogen (secondary N) is 1. The van der Waals surface area contributed by atoms with Crippen LogP contribution in [0.15, 0.2) is 24.3 Å². The number of hydrogen-bond donors (Lipinski definition) is 1. The van der Waals surface area contributed by atoms with Crippen molar-refractivity contribution in [2.24, 2.45) is 0 Å². The van der Waals surface area contributed by atoms with E-state index in [1.165, 1.54) is 30.6 Å². The zero-order valence-corrected chi connectivity index (χ0v) is 13.8. The van der Waals surface area contributed by atoms with E-state index >= 15 is 0 Å². The van der Waals surface area contributed by atoms with Gasteiger partial charge >= 0.3 is 0 Å². The van der Waals surface area contributed by atoms with Gasteiger partial charge in [-0.2, -0.15) is 0 Å². The summed E-state index contributed by atoms with van der Waals surface area (Å²) in [6.45, 7) is 7.75. The molecule has 0 aliphatic heterocycles. The summed E-state index contributed by atoms with van der Waals surface area (Å²) >= 11 is 0. The van der Waals surface area contributed by atoms with E-state index in [1.54, 1.807) is 0 Å². The molecule has 0 aromatic heterocycles. The van der Waals surface area contributed by atoms with E-state index < -0.39 is 0 Å². The van der Waals surface area contributed by atoms with Gasteiger partial charge in [0.25, 0.3) is 0 Å². The smallest absolute Gasteiger partial charge is 0.0361 e. The second-order valence-electron chi connectivity index (χ2n) is 6.02. The third-order valence-corrected chi connectivity index (χ3v) is 3.78. The van der Waals surface area contributed by atoms with Gasteiger partial charge < -0.3 is 15.1 Å². The number of benzene rings is 1. The Kier molecular flexibility index (Phi) is 7.63. The first-order valence-corrected chi connectivity index (χ1v) is 7.68. The molecular weight excluding hydrogens is 246 g/mol. The first-order valence-electron chi connectivity index (χ1n) is 7.68. The highest BCUT2D eigenvalue weighted by Gasteiger charge is 2.01. The molecule has 1 aromatic carbocycles. The number of rotatable bonds is 9. The fourth-order valence-electron chi connectivity index (χ4n) is 2.01. The van der Waals surface area contributed by atoms with Crippen LogP contribution in [0.4, 0.5) is 5.69 Å². The van der Waals surface area contributed by atoms with Gasteiger partial charge in [-0.15, -0.1) is 0 Å². The first-order chi connectivity index (χ1) is 9.50. The average Bonchev–Trinajstić information content (AvgIpc) is 2.42. The number of hydrogen-bond acceptors (Lipinski definition) is 3. The van der Waals surface area contributed by atoms with E-state index in [0.29, 0.717) is 6.04 Å². The van der Waals surface area contributed by atoms with Gasteiger partial charge in [0.15, 0.2) is 0 Å². The van der Waals surface area contributed by atoms with Gasteiger partial charge in [-0.1, -0.05) is 12.1 Å². The molecule has 0 unspecified atom stereocenters. The molecule has 1 rings (SSSR count). The molecular formula is C17H31N3. The molecule has 0 bridgehead atoms. The standard InChI is InChI=1S/C17H31N3/c1-15(2)20(5)13-7-6-12-18-14-16-8-10-17(11-9-16)19(3)4/h8-11,15,18H,6-7,12-14H2,1-5H3. The molecule has 1 N–H and O–H groups in total. The van der Waals surface area contributed by atoms with Gasteiger partial charge in [0.2, 0.25) is 0 Å². The lowest BCUT2D eigenvalue weighted by Gasteiger charge is -2.20. The summed E-state index contributed by atoms with van der Waals surface area (Å²) in [5.74, 6) is 0. The van der Waals surface area contributed by atoms with Crippen LogP contribution in [0.2, 0.25) is 0 Å². The molecule has 0 saturated carbocycles. The summed E-state index contributed by atoms with van der Waals surface area (Å²) in [7, 11) is 6.34. The molecule has 3 nitrogen and oxygen atoms in total. The predicted octanol–water partition coefficient (Wildman–Crippen LogP) is 2.96. The lowest BCUT2D eigenvalue weighted by Crippen LogP contribution is -2.27. The number of anilines is 1. The van der Waals surface area contributed by atoms with Crippen LogP contribution in [-0.2, 0) is 6.54 Å². The van der Waals surface area contributed by atoms with Crippen LogP contribution in [0.3, 0.4) is 0 Å². The third kappa shape index (κ3) is 6.40. The number of unbranched alkanes of at least 4 members (excludes halogenated alkanes) is 1. The predicted molar refractivity (Wildman–Crippen MR) is 89.5 cm³/mol. The normalized spacial score (nSPS) is 11.3. The van der Waals surface area contributed by atoms with Crippen LogP contribution in [0.1, 0.15) is 32.3 Å². The molecule has 0 aliphatic carbocycles. The number of nitrogens with zero attached hydrogens (tertiary/aromatic N) is 2. The van der Waals surface area contributed by atoms with Crippen molar-refractivity contribution >= 4 is 5.69 Å². The highest BCUT2D eigenvalue weighted by molar-refractivity contribution is 5.45. The molecule has 20 heavy (non-hydrogen) atoms. The highest BCUT2D eigenvalue weighted by atomic mass is 15.1. The quantitative estimate of drug-likeness (QED) is 0.700. The molecule has 0 atom stereocenters. The Morgan fingerprint density at radius 1 is 1.00 bits per heavy atom. The summed E-state index contributed by atoms with van der Waals surface area (Å²) in [5, 5.41) is 3.52. The van der Waals surface area contributed by atoms with Crippen molar-refractivity contribution in [1.29, 1.82) is 0 Å². The molecule has 0 fully saturated rings. The highest BCUT2D eigenvalue weighted by Crippen LogP contribution is 2.11. The summed E-state index contributed by atoms with van der Waals surface area (Å²) in [6, 6.07) is 9.41. The molecule has 0 amide bonds. The van der Waals surface area contributed by atoms with Crippen molar-refractivity contribution in [1.82, 2.24) is 10.2 Å². The molecule has 0 saturated heterocycles. The maximum absolute atomic E-state index is 3.52. The SMILES string of the molecule is CC(C)N(C)CCCCNCc1ccc(N(C)C)cc1. The molecule has 0 radical (unpaired) electrons. The van der Waals surface area contributed by atoms with Crippen LogP contribution in [-0.4, -0.2) is 45.2 Å². The van der Waals surface area contributed by atoms with E-state index in [4.69, 9.17) is 0 Å². The fraction of sp³-hybridized carbons (Fsp3) is 0.647. The van der Waals surface area contributed by atoms with Gasteiger partial charge in [-0.25, -0.2) is 0 Å². The summed E-state index contributed by atoms with van der Waals surface area (Å²) in [4.78, 5) is 4.53. The minimum Gasteiger partial charge on any atom is -0.378 e. The Hall–Kier alpha value is -1.06. The summed E-state index contributed by atoms with van der Waals surface area (Å²) in [6.07, 6.45) is 2.51. The van der Waals surface area contributed by atoms with E-state index in [2.05, 4.69) is 74.4 Å². The van der Waals surface area contributed by atoms with Crippen molar-refractivity contribution in [3.05, 3.63) is 29.8 Å². The van der Waals surface area contributed by atoms with Crippen molar-refractivity contribution in [3.8, 4) is 0 Å². The maximum Gasteiger partial charge on any atom is 0.0361 e. The minimum atomic E-state index is 0.651. The van der Waals surface area contributed by atoms with Crippen LogP contribution >= 0.6 is 0 Å². The van der Waals surface area contributed by atoms with Gasteiger partial charge in [-0.3, -0.25) is 0 Å². The Bertz CT molecular complexity index is 357. The Morgan fingerprint density at radius 2 is 1.65 bits per heavy atom. The van der Waals surface area contributed by atoms with Crippen LogP contribution in [0, 0.1) is 0 Å². The lowest BCUT2D eigenvalue weighted by molar-refractivity contribution is 0.268. The lowest BCUT2D eigenvalue weighted by atomic mass is 10.2. The van der Waals surface area contributed by atoms with E-state index in [-0.39, 0.29) is 0 Å². The van der Waals surface area contributed by atoms with E-state index in [0.717, 1.165) is 13.1 Å². The largest absolute Gasteiger partial charge is 0.378 e. The van der Waals surface area contributed by atoms with Crippen molar-refractivity contribution in [2.75, 3.05) is 39.1 Å². The monoisotopic (exact) mass is 277 g/mol. The van der Waals surface area contributed by atoms with Crippen molar-refractivity contribution in [3.63, 3.8) is 0 Å². The van der Waals surface area contributed by atoms with Crippen LogP contribution < -0.4 is 10.2 Å². The molecule has 0 aliphatic rings. The van der Waals surface area contributed by atoms with Crippen molar-refractivity contribution < 1.29 is 0 Å². The van der Waals surface area contributed by atoms with Gasteiger partial charge in [0, 0.05) is 32.4 Å². The third-order valence-electron chi connectivity index (χ3n) is 3.78. The summed E-state index contributed by atoms with van der Waals surface area (Å²) < 4.78 is 0. The first kappa shape index (κ1) is 17.0. The second kappa shape index (κ2) is 8.98. The Balaban J connectivity index is 2.12. The van der Waals surface area contributed by atoms with Gasteiger partial charge in [0.1, 0.15) is 0 Å². The molecule has 3 heteroatoms. The van der Waals surface area contributed by atoms with E-state index in [1.807, 2.05) is 0 Å². The zero-order chi connectivity index (χ0) is 15.0. The minimum absolute atomic E-state index is 0.651. The molecule has 0 heterocycles.